The maximum absolute atomic E-state index is 11.8. The number of halogens is 1. The second-order valence-electron chi connectivity index (χ2n) is 4.39. The predicted octanol–water partition coefficient (Wildman–Crippen LogP) is 1.12. The zero-order chi connectivity index (χ0) is 14.0. The highest BCUT2D eigenvalue weighted by Gasteiger charge is 2.27. The summed E-state index contributed by atoms with van der Waals surface area (Å²) >= 11 is 3.15. The van der Waals surface area contributed by atoms with Gasteiger partial charge < -0.3 is 9.73 Å². The highest BCUT2D eigenvalue weighted by molar-refractivity contribution is 9.10. The van der Waals surface area contributed by atoms with Crippen LogP contribution in [0.25, 0.3) is 0 Å². The zero-order valence-corrected chi connectivity index (χ0v) is 12.9. The third-order valence-corrected chi connectivity index (χ3v) is 5.29. The summed E-state index contributed by atoms with van der Waals surface area (Å²) in [6, 6.07) is 1.71. The Morgan fingerprint density at radius 2 is 2.32 bits per heavy atom. The molecule has 1 saturated heterocycles. The van der Waals surface area contributed by atoms with E-state index in [2.05, 4.69) is 21.2 Å². The number of rotatable bonds is 4. The summed E-state index contributed by atoms with van der Waals surface area (Å²) in [5.74, 6) is 0.113. The van der Waals surface area contributed by atoms with Crippen LogP contribution in [-0.4, -0.2) is 44.0 Å². The Hall–Kier alpha value is -0.860. The Balaban J connectivity index is 1.86. The average Bonchev–Trinajstić information content (AvgIpc) is 2.81. The molecule has 1 fully saturated rings. The molecular formula is C11H15BrN2O4S. The molecule has 1 aliphatic rings. The van der Waals surface area contributed by atoms with Gasteiger partial charge in [0.05, 0.1) is 5.75 Å². The fourth-order valence-corrected chi connectivity index (χ4v) is 4.02. The molecule has 0 saturated carbocycles. The molecule has 0 aliphatic carbocycles. The Kier molecular flexibility index (Phi) is 4.32. The first-order chi connectivity index (χ1) is 8.90. The van der Waals surface area contributed by atoms with Gasteiger partial charge in [-0.1, -0.05) is 0 Å². The molecule has 1 N–H and O–H groups in total. The second-order valence-corrected chi connectivity index (χ2v) is 7.26. The molecule has 1 aromatic rings. The molecule has 2 heterocycles. The van der Waals surface area contributed by atoms with Crippen LogP contribution in [0.2, 0.25) is 0 Å². The van der Waals surface area contributed by atoms with Crippen LogP contribution in [0.4, 0.5) is 0 Å². The van der Waals surface area contributed by atoms with Gasteiger partial charge in [0.15, 0.2) is 10.4 Å². The summed E-state index contributed by atoms with van der Waals surface area (Å²) in [6.45, 7) is 2.88. The highest BCUT2D eigenvalue weighted by atomic mass is 79.9. The third-order valence-electron chi connectivity index (χ3n) is 2.94. The number of aryl methyl sites for hydroxylation is 1. The predicted molar refractivity (Wildman–Crippen MR) is 73.5 cm³/mol. The van der Waals surface area contributed by atoms with Gasteiger partial charge in [-0.15, -0.1) is 0 Å². The lowest BCUT2D eigenvalue weighted by Gasteiger charge is -2.14. The molecule has 0 aromatic carbocycles. The lowest BCUT2D eigenvalue weighted by molar-refractivity contribution is 0.0922. The van der Waals surface area contributed by atoms with Crippen molar-refractivity contribution in [2.45, 2.75) is 13.3 Å². The van der Waals surface area contributed by atoms with Gasteiger partial charge in [-0.05, 0) is 35.3 Å². The monoisotopic (exact) mass is 350 g/mol. The van der Waals surface area contributed by atoms with Crippen molar-refractivity contribution in [3.8, 4) is 0 Å². The van der Waals surface area contributed by atoms with E-state index in [0.29, 0.717) is 24.2 Å². The molecule has 0 unspecified atom stereocenters. The molecule has 8 heteroatoms. The molecule has 1 aromatic heterocycles. The van der Waals surface area contributed by atoms with Crippen molar-refractivity contribution in [2.75, 3.05) is 25.4 Å². The molecule has 0 bridgehead atoms. The number of furan rings is 1. The summed E-state index contributed by atoms with van der Waals surface area (Å²) in [5, 5.41) is 2.66. The van der Waals surface area contributed by atoms with Crippen LogP contribution in [0.15, 0.2) is 15.2 Å². The first kappa shape index (κ1) is 14.5. The molecular weight excluding hydrogens is 336 g/mol. The quantitative estimate of drug-likeness (QED) is 0.882. The van der Waals surface area contributed by atoms with Crippen LogP contribution in [0.1, 0.15) is 22.5 Å². The Labute approximate surface area is 120 Å². The van der Waals surface area contributed by atoms with E-state index in [9.17, 15) is 13.2 Å². The number of carbonyl (C=O) groups is 1. The molecule has 0 spiro atoms. The Bertz CT molecular complexity index is 582. The van der Waals surface area contributed by atoms with E-state index in [1.807, 2.05) is 0 Å². The molecule has 2 rings (SSSR count). The van der Waals surface area contributed by atoms with Crippen LogP contribution in [0.5, 0.6) is 0 Å². The maximum Gasteiger partial charge on any atom is 0.287 e. The smallest absolute Gasteiger partial charge is 0.287 e. The summed E-state index contributed by atoms with van der Waals surface area (Å²) < 4.78 is 30.2. The van der Waals surface area contributed by atoms with E-state index in [4.69, 9.17) is 4.42 Å². The van der Waals surface area contributed by atoms with Crippen LogP contribution < -0.4 is 5.32 Å². The van der Waals surface area contributed by atoms with E-state index < -0.39 is 10.0 Å². The van der Waals surface area contributed by atoms with Crippen LogP contribution in [-0.2, 0) is 10.0 Å². The minimum absolute atomic E-state index is 0.200. The van der Waals surface area contributed by atoms with Crippen molar-refractivity contribution in [1.82, 2.24) is 9.62 Å². The van der Waals surface area contributed by atoms with Gasteiger partial charge >= 0.3 is 0 Å². The second kappa shape index (κ2) is 5.64. The number of carbonyl (C=O) groups excluding carboxylic acids is 1. The number of hydrogen-bond acceptors (Lipinski definition) is 4. The van der Waals surface area contributed by atoms with Crippen molar-refractivity contribution < 1.29 is 17.6 Å². The Morgan fingerprint density at radius 3 is 2.84 bits per heavy atom. The SMILES string of the molecule is Cc1cc(Br)oc1C(=O)NCCN1CCCS1(=O)=O. The Morgan fingerprint density at radius 1 is 1.58 bits per heavy atom. The average molecular weight is 351 g/mol. The van der Waals surface area contributed by atoms with E-state index >= 15 is 0 Å². The summed E-state index contributed by atoms with van der Waals surface area (Å²) in [5.41, 5.74) is 0.734. The molecule has 0 radical (unpaired) electrons. The normalized spacial score (nSPS) is 18.6. The van der Waals surface area contributed by atoms with E-state index in [1.165, 1.54) is 4.31 Å². The summed E-state index contributed by atoms with van der Waals surface area (Å²) in [7, 11) is -3.10. The van der Waals surface area contributed by atoms with Gasteiger partial charge in [-0.2, -0.15) is 0 Å². The van der Waals surface area contributed by atoms with Crippen LogP contribution in [0.3, 0.4) is 0 Å². The van der Waals surface area contributed by atoms with Crippen molar-refractivity contribution >= 4 is 31.9 Å². The number of sulfonamides is 1. The number of nitrogens with one attached hydrogen (secondary N) is 1. The van der Waals surface area contributed by atoms with Gasteiger partial charge in [-0.3, -0.25) is 4.79 Å². The van der Waals surface area contributed by atoms with Gasteiger partial charge in [0.1, 0.15) is 0 Å². The van der Waals surface area contributed by atoms with Gasteiger partial charge in [-0.25, -0.2) is 12.7 Å². The van der Waals surface area contributed by atoms with Crippen LogP contribution >= 0.6 is 15.9 Å². The molecule has 1 aliphatic heterocycles. The minimum atomic E-state index is -3.10. The summed E-state index contributed by atoms with van der Waals surface area (Å²) in [4.78, 5) is 11.8. The lowest BCUT2D eigenvalue weighted by atomic mass is 10.3. The van der Waals surface area contributed by atoms with Crippen molar-refractivity contribution in [3.05, 3.63) is 22.1 Å². The van der Waals surface area contributed by atoms with Crippen molar-refractivity contribution in [2.24, 2.45) is 0 Å². The minimum Gasteiger partial charge on any atom is -0.444 e. The van der Waals surface area contributed by atoms with Crippen molar-refractivity contribution in [1.29, 1.82) is 0 Å². The first-order valence-corrected chi connectivity index (χ1v) is 8.32. The molecule has 0 atom stereocenters. The summed E-state index contributed by atoms with van der Waals surface area (Å²) in [6.07, 6.45) is 0.653. The number of amides is 1. The van der Waals surface area contributed by atoms with Crippen LogP contribution in [0, 0.1) is 6.92 Å². The molecule has 106 valence electrons. The van der Waals surface area contributed by atoms with E-state index in [1.54, 1.807) is 13.0 Å². The number of nitrogens with zero attached hydrogens (tertiary/aromatic N) is 1. The van der Waals surface area contributed by atoms with Gasteiger partial charge in [0.2, 0.25) is 10.0 Å². The number of hydrogen-bond donors (Lipinski definition) is 1. The third kappa shape index (κ3) is 3.37. The van der Waals surface area contributed by atoms with Gasteiger partial charge in [0.25, 0.3) is 5.91 Å². The maximum atomic E-state index is 11.8. The molecule has 6 nitrogen and oxygen atoms in total. The largest absolute Gasteiger partial charge is 0.444 e. The van der Waals surface area contributed by atoms with Gasteiger partial charge in [0, 0.05) is 25.2 Å². The standard InChI is InChI=1S/C11H15BrN2O4S/c1-8-7-9(12)18-10(8)11(15)13-3-5-14-4-2-6-19(14,16)17/h7H,2-6H2,1H3,(H,13,15). The lowest BCUT2D eigenvalue weighted by Crippen LogP contribution is -2.35. The fraction of sp³-hybridized carbons (Fsp3) is 0.545. The van der Waals surface area contributed by atoms with Crippen molar-refractivity contribution in [3.63, 3.8) is 0 Å². The van der Waals surface area contributed by atoms with E-state index in [0.717, 1.165) is 5.56 Å². The fourth-order valence-electron chi connectivity index (χ4n) is 1.99. The molecule has 1 amide bonds. The van der Waals surface area contributed by atoms with E-state index in [-0.39, 0.29) is 24.0 Å². The zero-order valence-electron chi connectivity index (χ0n) is 10.5. The first-order valence-electron chi connectivity index (χ1n) is 5.92. The highest BCUT2D eigenvalue weighted by Crippen LogP contribution is 2.19. The molecule has 19 heavy (non-hydrogen) atoms. The topological polar surface area (TPSA) is 79.6 Å².